The molecule has 0 amide bonds. The van der Waals surface area contributed by atoms with E-state index in [1.807, 2.05) is 13.8 Å². The highest BCUT2D eigenvalue weighted by atomic mass is 16.7. The second-order valence-corrected chi connectivity index (χ2v) is 4.65. The summed E-state index contributed by atoms with van der Waals surface area (Å²) in [5, 5.41) is 0. The molecule has 0 aromatic rings. The van der Waals surface area contributed by atoms with Crippen LogP contribution in [0.1, 0.15) is 40.0 Å². The lowest BCUT2D eigenvalue weighted by atomic mass is 9.95. The smallest absolute Gasteiger partial charge is 0.305 e. The van der Waals surface area contributed by atoms with Crippen molar-refractivity contribution in [3.63, 3.8) is 0 Å². The van der Waals surface area contributed by atoms with Gasteiger partial charge in [0.05, 0.1) is 19.8 Å². The number of esters is 1. The van der Waals surface area contributed by atoms with Gasteiger partial charge in [-0.1, -0.05) is 6.92 Å². The molecule has 2 atom stereocenters. The van der Waals surface area contributed by atoms with Gasteiger partial charge >= 0.3 is 5.97 Å². The van der Waals surface area contributed by atoms with Gasteiger partial charge in [0.25, 0.3) is 0 Å². The van der Waals surface area contributed by atoms with Crippen LogP contribution < -0.4 is 0 Å². The molecule has 0 aliphatic carbocycles. The Kier molecular flexibility index (Phi) is 4.74. The lowest BCUT2D eigenvalue weighted by Crippen LogP contribution is -2.45. The lowest BCUT2D eigenvalue weighted by molar-refractivity contribution is -0.294. The van der Waals surface area contributed by atoms with Gasteiger partial charge in [-0.15, -0.1) is 0 Å². The second-order valence-electron chi connectivity index (χ2n) is 4.65. The number of ether oxygens (including phenoxy) is 3. The maximum Gasteiger partial charge on any atom is 0.305 e. The summed E-state index contributed by atoms with van der Waals surface area (Å²) in [7, 11) is 1.41. The van der Waals surface area contributed by atoms with Gasteiger partial charge < -0.3 is 14.2 Å². The minimum absolute atomic E-state index is 0.0906. The Morgan fingerprint density at radius 1 is 1.50 bits per heavy atom. The molecule has 1 rings (SSSR count). The van der Waals surface area contributed by atoms with Crippen molar-refractivity contribution in [2.75, 3.05) is 13.7 Å². The maximum atomic E-state index is 11.1. The van der Waals surface area contributed by atoms with Crippen LogP contribution in [0.25, 0.3) is 0 Å². The van der Waals surface area contributed by atoms with Crippen molar-refractivity contribution in [1.82, 2.24) is 0 Å². The van der Waals surface area contributed by atoms with Gasteiger partial charge in [0.2, 0.25) is 0 Å². The Morgan fingerprint density at radius 3 is 2.75 bits per heavy atom. The van der Waals surface area contributed by atoms with Crippen LogP contribution in [0.15, 0.2) is 0 Å². The third kappa shape index (κ3) is 3.76. The van der Waals surface area contributed by atoms with E-state index in [0.29, 0.717) is 25.4 Å². The molecule has 0 aromatic carbocycles. The van der Waals surface area contributed by atoms with E-state index in [1.165, 1.54) is 7.11 Å². The van der Waals surface area contributed by atoms with E-state index in [1.54, 1.807) is 0 Å². The average Bonchev–Trinajstić information content (AvgIpc) is 2.25. The number of carbonyl (C=O) groups excluding carboxylic acids is 1. The standard InChI is InChI=1S/C12H22O4/c1-5-9-8-15-12(2,3)16-10(9)6-7-11(13)14-4/h9-10H,5-8H2,1-4H3/t9-,10+/m1/s1. The second kappa shape index (κ2) is 5.64. The van der Waals surface area contributed by atoms with Crippen LogP contribution >= 0.6 is 0 Å². The monoisotopic (exact) mass is 230 g/mol. The highest BCUT2D eigenvalue weighted by Crippen LogP contribution is 2.30. The molecule has 1 heterocycles. The van der Waals surface area contributed by atoms with E-state index in [-0.39, 0.29) is 12.1 Å². The normalized spacial score (nSPS) is 28.8. The first kappa shape index (κ1) is 13.5. The Hall–Kier alpha value is -0.610. The number of methoxy groups -OCH3 is 1. The van der Waals surface area contributed by atoms with Gasteiger partial charge in [0.1, 0.15) is 0 Å². The molecule has 4 nitrogen and oxygen atoms in total. The summed E-state index contributed by atoms with van der Waals surface area (Å²) < 4.78 is 16.1. The van der Waals surface area contributed by atoms with E-state index >= 15 is 0 Å². The summed E-state index contributed by atoms with van der Waals surface area (Å²) in [5.74, 6) is -0.340. The molecule has 0 radical (unpaired) electrons. The molecule has 0 spiro atoms. The molecule has 0 bridgehead atoms. The maximum absolute atomic E-state index is 11.1. The van der Waals surface area contributed by atoms with Crippen molar-refractivity contribution in [2.45, 2.75) is 51.9 Å². The third-order valence-corrected chi connectivity index (χ3v) is 2.99. The Morgan fingerprint density at radius 2 is 2.19 bits per heavy atom. The first-order chi connectivity index (χ1) is 7.48. The van der Waals surface area contributed by atoms with Crippen LogP contribution in [0.3, 0.4) is 0 Å². The number of rotatable bonds is 4. The fraction of sp³-hybridized carbons (Fsp3) is 0.917. The Balaban J connectivity index is 2.49. The topological polar surface area (TPSA) is 44.8 Å². The Labute approximate surface area is 97.2 Å². The Bertz CT molecular complexity index is 237. The number of hydrogen-bond acceptors (Lipinski definition) is 4. The predicted octanol–water partition coefficient (Wildman–Crippen LogP) is 2.12. The quantitative estimate of drug-likeness (QED) is 0.694. The highest BCUT2D eigenvalue weighted by molar-refractivity contribution is 5.69. The van der Waals surface area contributed by atoms with Gasteiger partial charge in [0, 0.05) is 12.3 Å². The molecule has 0 unspecified atom stereocenters. The molecule has 1 aliphatic heterocycles. The van der Waals surface area contributed by atoms with Crippen molar-refractivity contribution in [3.05, 3.63) is 0 Å². The largest absolute Gasteiger partial charge is 0.469 e. The van der Waals surface area contributed by atoms with E-state index in [2.05, 4.69) is 11.7 Å². The molecular weight excluding hydrogens is 208 g/mol. The zero-order chi connectivity index (χ0) is 12.2. The van der Waals surface area contributed by atoms with Crippen LogP contribution in [-0.4, -0.2) is 31.6 Å². The van der Waals surface area contributed by atoms with Gasteiger partial charge in [-0.25, -0.2) is 0 Å². The van der Waals surface area contributed by atoms with Crippen molar-refractivity contribution >= 4 is 5.97 Å². The molecule has 1 aliphatic rings. The van der Waals surface area contributed by atoms with Crippen LogP contribution in [0.5, 0.6) is 0 Å². The summed E-state index contributed by atoms with van der Waals surface area (Å²) in [6.45, 7) is 6.63. The molecule has 0 saturated carbocycles. The molecule has 94 valence electrons. The highest BCUT2D eigenvalue weighted by Gasteiger charge is 2.35. The van der Waals surface area contributed by atoms with Crippen molar-refractivity contribution in [1.29, 1.82) is 0 Å². The van der Waals surface area contributed by atoms with Crippen molar-refractivity contribution in [3.8, 4) is 0 Å². The minimum atomic E-state index is -0.535. The van der Waals surface area contributed by atoms with Crippen molar-refractivity contribution in [2.24, 2.45) is 5.92 Å². The fourth-order valence-corrected chi connectivity index (χ4v) is 1.95. The van der Waals surface area contributed by atoms with Crippen LogP contribution in [0, 0.1) is 5.92 Å². The first-order valence-electron chi connectivity index (χ1n) is 5.87. The zero-order valence-corrected chi connectivity index (χ0v) is 10.6. The van der Waals surface area contributed by atoms with Gasteiger partial charge in [0.15, 0.2) is 5.79 Å². The molecule has 0 aromatic heterocycles. The molecule has 4 heteroatoms. The minimum Gasteiger partial charge on any atom is -0.469 e. The average molecular weight is 230 g/mol. The first-order valence-corrected chi connectivity index (χ1v) is 5.87. The summed E-state index contributed by atoms with van der Waals surface area (Å²) in [6, 6.07) is 0. The molecule has 16 heavy (non-hydrogen) atoms. The van der Waals surface area contributed by atoms with Crippen LogP contribution in [0.4, 0.5) is 0 Å². The summed E-state index contributed by atoms with van der Waals surface area (Å²) in [5.41, 5.74) is 0. The summed E-state index contributed by atoms with van der Waals surface area (Å²) in [4.78, 5) is 11.1. The summed E-state index contributed by atoms with van der Waals surface area (Å²) >= 11 is 0. The van der Waals surface area contributed by atoms with Crippen LogP contribution in [0.2, 0.25) is 0 Å². The molecule has 0 N–H and O–H groups in total. The molecule has 1 fully saturated rings. The van der Waals surface area contributed by atoms with E-state index in [9.17, 15) is 4.79 Å². The summed E-state index contributed by atoms with van der Waals surface area (Å²) in [6.07, 6.45) is 2.21. The third-order valence-electron chi connectivity index (χ3n) is 2.99. The number of hydrogen-bond donors (Lipinski definition) is 0. The van der Waals surface area contributed by atoms with Crippen LogP contribution in [-0.2, 0) is 19.0 Å². The lowest BCUT2D eigenvalue weighted by Gasteiger charge is -2.40. The van der Waals surface area contributed by atoms with Crippen molar-refractivity contribution < 1.29 is 19.0 Å². The van der Waals surface area contributed by atoms with E-state index < -0.39 is 5.79 Å². The van der Waals surface area contributed by atoms with Gasteiger partial charge in [-0.3, -0.25) is 4.79 Å². The predicted molar refractivity (Wildman–Crippen MR) is 59.9 cm³/mol. The van der Waals surface area contributed by atoms with E-state index in [0.717, 1.165) is 6.42 Å². The zero-order valence-electron chi connectivity index (χ0n) is 10.6. The van der Waals surface area contributed by atoms with E-state index in [4.69, 9.17) is 9.47 Å². The fourth-order valence-electron chi connectivity index (χ4n) is 1.95. The molecular formula is C12H22O4. The van der Waals surface area contributed by atoms with Gasteiger partial charge in [-0.2, -0.15) is 0 Å². The SMILES string of the molecule is CC[C@@H]1COC(C)(C)O[C@H]1CCC(=O)OC. The van der Waals surface area contributed by atoms with Gasteiger partial charge in [-0.05, 0) is 26.7 Å². The number of carbonyl (C=O) groups is 1. The molecule has 1 saturated heterocycles.